The first-order chi connectivity index (χ1) is 6.64. The number of carbonyl (C=O) groups is 1. The Morgan fingerprint density at radius 1 is 1.57 bits per heavy atom. The average Bonchev–Trinajstić information content (AvgIpc) is 2.18. The van der Waals surface area contributed by atoms with Crippen molar-refractivity contribution in [2.24, 2.45) is 5.41 Å². The van der Waals surface area contributed by atoms with E-state index in [0.717, 1.165) is 19.4 Å². The molecule has 0 aromatic heterocycles. The fourth-order valence-electron chi connectivity index (χ4n) is 2.17. The molecule has 4 nitrogen and oxygen atoms in total. The van der Waals surface area contributed by atoms with Gasteiger partial charge < -0.3 is 10.2 Å². The summed E-state index contributed by atoms with van der Waals surface area (Å²) in [6.45, 7) is 4.12. The second kappa shape index (κ2) is 4.75. The van der Waals surface area contributed by atoms with Crippen LogP contribution in [-0.4, -0.2) is 47.3 Å². The predicted molar refractivity (Wildman–Crippen MR) is 53.1 cm³/mol. The maximum Gasteiger partial charge on any atom is 0.310 e. The second-order valence-electron chi connectivity index (χ2n) is 4.04. The van der Waals surface area contributed by atoms with E-state index < -0.39 is 11.4 Å². The number of rotatable bonds is 4. The van der Waals surface area contributed by atoms with Crippen LogP contribution in [0.25, 0.3) is 0 Å². The van der Waals surface area contributed by atoms with Crippen LogP contribution in [0, 0.1) is 5.41 Å². The standard InChI is InChI=1S/C10H19NO3/c1-2-10(9(13)14)4-3-5-11(8-10)6-7-12/h12H,2-8H2,1H3,(H,13,14). The monoisotopic (exact) mass is 201 g/mol. The highest BCUT2D eigenvalue weighted by Gasteiger charge is 2.40. The summed E-state index contributed by atoms with van der Waals surface area (Å²) < 4.78 is 0. The molecule has 0 radical (unpaired) electrons. The summed E-state index contributed by atoms with van der Waals surface area (Å²) in [5.74, 6) is -0.692. The van der Waals surface area contributed by atoms with Gasteiger partial charge in [0.05, 0.1) is 12.0 Å². The molecule has 2 N–H and O–H groups in total. The Hall–Kier alpha value is -0.610. The normalized spacial score (nSPS) is 29.0. The maximum absolute atomic E-state index is 11.2. The van der Waals surface area contributed by atoms with Crippen LogP contribution in [0.3, 0.4) is 0 Å². The average molecular weight is 201 g/mol. The highest BCUT2D eigenvalue weighted by atomic mass is 16.4. The quantitative estimate of drug-likeness (QED) is 0.697. The van der Waals surface area contributed by atoms with Gasteiger partial charge in [0.2, 0.25) is 0 Å². The molecule has 1 fully saturated rings. The zero-order valence-electron chi connectivity index (χ0n) is 8.70. The Balaban J connectivity index is 2.64. The van der Waals surface area contributed by atoms with Crippen molar-refractivity contribution in [3.63, 3.8) is 0 Å². The lowest BCUT2D eigenvalue weighted by Gasteiger charge is -2.39. The molecule has 1 rings (SSSR count). The molecule has 1 unspecified atom stereocenters. The first-order valence-electron chi connectivity index (χ1n) is 5.21. The zero-order valence-corrected chi connectivity index (χ0v) is 8.70. The summed E-state index contributed by atoms with van der Waals surface area (Å²) >= 11 is 0. The van der Waals surface area contributed by atoms with E-state index in [1.165, 1.54) is 0 Å². The Labute approximate surface area is 84.5 Å². The number of aliphatic hydroxyl groups is 1. The van der Waals surface area contributed by atoms with E-state index in [1.807, 2.05) is 11.8 Å². The van der Waals surface area contributed by atoms with Crippen LogP contribution in [0.4, 0.5) is 0 Å². The van der Waals surface area contributed by atoms with E-state index in [0.29, 0.717) is 19.5 Å². The van der Waals surface area contributed by atoms with Crippen molar-refractivity contribution in [3.05, 3.63) is 0 Å². The van der Waals surface area contributed by atoms with Gasteiger partial charge in [0, 0.05) is 13.1 Å². The third-order valence-corrected chi connectivity index (χ3v) is 3.20. The number of piperidine rings is 1. The lowest BCUT2D eigenvalue weighted by Crippen LogP contribution is -2.48. The number of carboxylic acid groups (broad SMARTS) is 1. The molecule has 1 heterocycles. The van der Waals surface area contributed by atoms with Gasteiger partial charge in [-0.1, -0.05) is 6.92 Å². The molecular formula is C10H19NO3. The second-order valence-corrected chi connectivity index (χ2v) is 4.04. The van der Waals surface area contributed by atoms with Crippen molar-refractivity contribution in [2.45, 2.75) is 26.2 Å². The SMILES string of the molecule is CCC1(C(=O)O)CCCN(CCO)C1. The van der Waals surface area contributed by atoms with Gasteiger partial charge in [-0.25, -0.2) is 0 Å². The Kier molecular flexibility index (Phi) is 3.89. The number of carboxylic acids is 1. The molecule has 0 amide bonds. The third kappa shape index (κ3) is 2.25. The fourth-order valence-corrected chi connectivity index (χ4v) is 2.17. The fraction of sp³-hybridized carbons (Fsp3) is 0.900. The smallest absolute Gasteiger partial charge is 0.310 e. The molecule has 0 aromatic carbocycles. The number of hydrogen-bond donors (Lipinski definition) is 2. The van der Waals surface area contributed by atoms with E-state index in [9.17, 15) is 9.90 Å². The molecule has 0 saturated carbocycles. The summed E-state index contributed by atoms with van der Waals surface area (Å²) in [6, 6.07) is 0. The van der Waals surface area contributed by atoms with Crippen LogP contribution in [-0.2, 0) is 4.79 Å². The maximum atomic E-state index is 11.2. The Morgan fingerprint density at radius 3 is 2.79 bits per heavy atom. The minimum absolute atomic E-state index is 0.111. The minimum atomic E-state index is -0.692. The zero-order chi connectivity index (χ0) is 10.6. The lowest BCUT2D eigenvalue weighted by molar-refractivity contribution is -0.153. The van der Waals surface area contributed by atoms with Crippen LogP contribution in [0.2, 0.25) is 0 Å². The van der Waals surface area contributed by atoms with Crippen molar-refractivity contribution in [3.8, 4) is 0 Å². The highest BCUT2D eigenvalue weighted by Crippen LogP contribution is 2.33. The number of hydrogen-bond acceptors (Lipinski definition) is 3. The first kappa shape index (κ1) is 11.5. The number of nitrogens with zero attached hydrogens (tertiary/aromatic N) is 1. The Morgan fingerprint density at radius 2 is 2.29 bits per heavy atom. The molecule has 0 aromatic rings. The van der Waals surface area contributed by atoms with Crippen LogP contribution in [0.5, 0.6) is 0 Å². The lowest BCUT2D eigenvalue weighted by atomic mass is 9.78. The van der Waals surface area contributed by atoms with E-state index >= 15 is 0 Å². The third-order valence-electron chi connectivity index (χ3n) is 3.20. The molecule has 1 atom stereocenters. The Bertz CT molecular complexity index is 206. The van der Waals surface area contributed by atoms with Crippen LogP contribution in [0.15, 0.2) is 0 Å². The van der Waals surface area contributed by atoms with Gasteiger partial charge in [-0.15, -0.1) is 0 Å². The van der Waals surface area contributed by atoms with Gasteiger partial charge in [-0.3, -0.25) is 9.69 Å². The van der Waals surface area contributed by atoms with Gasteiger partial charge in [0.1, 0.15) is 0 Å². The molecule has 82 valence electrons. The topological polar surface area (TPSA) is 60.8 Å². The largest absolute Gasteiger partial charge is 0.481 e. The van der Waals surface area contributed by atoms with E-state index in [1.54, 1.807) is 0 Å². The summed E-state index contributed by atoms with van der Waals surface area (Å²) in [5, 5.41) is 18.0. The first-order valence-corrected chi connectivity index (χ1v) is 5.21. The predicted octanol–water partition coefficient (Wildman–Crippen LogP) is 0.556. The van der Waals surface area contributed by atoms with Crippen molar-refractivity contribution in [2.75, 3.05) is 26.2 Å². The molecule has 14 heavy (non-hydrogen) atoms. The van der Waals surface area contributed by atoms with E-state index in [-0.39, 0.29) is 6.61 Å². The number of aliphatic hydroxyl groups excluding tert-OH is 1. The van der Waals surface area contributed by atoms with Gasteiger partial charge in [-0.05, 0) is 25.8 Å². The summed E-state index contributed by atoms with van der Waals surface area (Å²) in [5.41, 5.74) is -0.576. The molecule has 1 aliphatic rings. The number of β-amino-alcohol motifs (C(OH)–C–C–N with tert-alkyl or cyclic N) is 1. The van der Waals surface area contributed by atoms with E-state index in [2.05, 4.69) is 0 Å². The molecule has 0 aliphatic carbocycles. The number of likely N-dealkylation sites (tertiary alicyclic amines) is 1. The summed E-state index contributed by atoms with van der Waals surface area (Å²) in [4.78, 5) is 13.2. The number of aliphatic carboxylic acids is 1. The van der Waals surface area contributed by atoms with Crippen molar-refractivity contribution in [1.82, 2.24) is 4.90 Å². The molecule has 4 heteroatoms. The van der Waals surface area contributed by atoms with Crippen LogP contribution < -0.4 is 0 Å². The van der Waals surface area contributed by atoms with Crippen molar-refractivity contribution in [1.29, 1.82) is 0 Å². The molecule has 0 spiro atoms. The van der Waals surface area contributed by atoms with Gasteiger partial charge in [0.25, 0.3) is 0 Å². The van der Waals surface area contributed by atoms with Crippen molar-refractivity contribution >= 4 is 5.97 Å². The van der Waals surface area contributed by atoms with Gasteiger partial charge in [0.15, 0.2) is 0 Å². The van der Waals surface area contributed by atoms with Crippen molar-refractivity contribution < 1.29 is 15.0 Å². The molecular weight excluding hydrogens is 182 g/mol. The summed E-state index contributed by atoms with van der Waals surface area (Å²) in [7, 11) is 0. The molecule has 0 bridgehead atoms. The van der Waals surface area contributed by atoms with Gasteiger partial charge >= 0.3 is 5.97 Å². The molecule has 1 saturated heterocycles. The highest BCUT2D eigenvalue weighted by molar-refractivity contribution is 5.75. The van der Waals surface area contributed by atoms with Crippen LogP contribution in [0.1, 0.15) is 26.2 Å². The summed E-state index contributed by atoms with van der Waals surface area (Å²) in [6.07, 6.45) is 2.35. The van der Waals surface area contributed by atoms with E-state index in [4.69, 9.17) is 5.11 Å². The van der Waals surface area contributed by atoms with Gasteiger partial charge in [-0.2, -0.15) is 0 Å². The molecule has 1 aliphatic heterocycles. The minimum Gasteiger partial charge on any atom is -0.481 e. The van der Waals surface area contributed by atoms with Crippen LogP contribution >= 0.6 is 0 Å².